The topological polar surface area (TPSA) is 113 Å². The summed E-state index contributed by atoms with van der Waals surface area (Å²) in [6.45, 7) is -0.707. The Bertz CT molecular complexity index is 461. The molecule has 0 unspecified atom stereocenters. The average Bonchev–Trinajstić information content (AvgIpc) is 2.28. The Morgan fingerprint density at radius 3 is 2.17 bits per heavy atom. The van der Waals surface area contributed by atoms with Crippen LogP contribution in [0.3, 0.4) is 0 Å². The molecule has 0 bridgehead atoms. The third-order valence-corrected chi connectivity index (χ3v) is 1.76. The molecule has 1 amide bonds. The number of rotatable bonds is 5. The van der Waals surface area contributed by atoms with Crippen LogP contribution in [0.4, 0.5) is 0 Å². The minimum atomic E-state index is -1.26. The van der Waals surface area contributed by atoms with Crippen molar-refractivity contribution in [1.82, 2.24) is 5.48 Å². The molecule has 1 aromatic rings. The van der Waals surface area contributed by atoms with E-state index in [1.54, 1.807) is 0 Å². The van der Waals surface area contributed by atoms with E-state index in [1.807, 2.05) is 5.48 Å². The maximum atomic E-state index is 11.5. The molecule has 0 aliphatic rings. The van der Waals surface area contributed by atoms with Gasteiger partial charge in [0.2, 0.25) is 0 Å². The molecule has 0 saturated carbocycles. The Balaban J connectivity index is 0.00000289. The number of carboxylic acids is 2. The molecule has 7 nitrogen and oxygen atoms in total. The van der Waals surface area contributed by atoms with Crippen molar-refractivity contribution in [2.75, 3.05) is 6.61 Å². The summed E-state index contributed by atoms with van der Waals surface area (Å²) in [6.07, 6.45) is 0. The second kappa shape index (κ2) is 8.35. The Hall–Kier alpha value is -0.774. The molecule has 0 saturated heterocycles. The molecule has 0 heterocycles. The standard InChI is InChI=1S/C10H9NO6.K.H/c12-8(13)5-17-11-9(14)6-3-1-2-4-7(6)10(15)16;;/h1-4H,5H2,(H,11,14)(H,12,13)(H,15,16);;. The van der Waals surface area contributed by atoms with Crippen molar-refractivity contribution < 1.29 is 29.4 Å². The monoisotopic (exact) mass is 279 g/mol. The summed E-state index contributed by atoms with van der Waals surface area (Å²) in [7, 11) is 0. The molecule has 0 spiro atoms. The fourth-order valence-electron chi connectivity index (χ4n) is 1.09. The summed E-state index contributed by atoms with van der Waals surface area (Å²) in [5, 5.41) is 17.1. The van der Waals surface area contributed by atoms with Gasteiger partial charge in [-0.2, -0.15) is 0 Å². The number of carbonyl (C=O) groups excluding carboxylic acids is 1. The van der Waals surface area contributed by atoms with Crippen molar-refractivity contribution in [2.24, 2.45) is 0 Å². The number of benzene rings is 1. The molecule has 0 fully saturated rings. The van der Waals surface area contributed by atoms with Gasteiger partial charge in [-0.3, -0.25) is 9.63 Å². The van der Waals surface area contributed by atoms with Crippen LogP contribution in [0.2, 0.25) is 0 Å². The van der Waals surface area contributed by atoms with Crippen LogP contribution in [0.1, 0.15) is 20.7 Å². The number of hydroxylamine groups is 1. The summed E-state index contributed by atoms with van der Waals surface area (Å²) in [5.74, 6) is -3.32. The predicted octanol–water partition coefficient (Wildman–Crippen LogP) is -0.518. The van der Waals surface area contributed by atoms with Gasteiger partial charge in [0.1, 0.15) is 0 Å². The number of carbonyl (C=O) groups is 3. The summed E-state index contributed by atoms with van der Waals surface area (Å²) in [4.78, 5) is 36.7. The molecule has 0 radical (unpaired) electrons. The first-order chi connectivity index (χ1) is 8.02. The number of amides is 1. The van der Waals surface area contributed by atoms with Crippen molar-refractivity contribution in [3.8, 4) is 0 Å². The van der Waals surface area contributed by atoms with Crippen LogP contribution in [0.5, 0.6) is 0 Å². The van der Waals surface area contributed by atoms with E-state index in [0.717, 1.165) is 0 Å². The molecule has 0 aliphatic heterocycles. The summed E-state index contributed by atoms with van der Waals surface area (Å²) >= 11 is 0. The average molecular weight is 279 g/mol. The first kappa shape index (κ1) is 17.2. The molecule has 0 atom stereocenters. The van der Waals surface area contributed by atoms with E-state index in [-0.39, 0.29) is 62.5 Å². The first-order valence-electron chi connectivity index (χ1n) is 4.48. The molecule has 8 heteroatoms. The number of aromatic carboxylic acids is 1. The van der Waals surface area contributed by atoms with Crippen molar-refractivity contribution in [1.29, 1.82) is 0 Å². The van der Waals surface area contributed by atoms with Crippen molar-refractivity contribution in [3.63, 3.8) is 0 Å². The molecule has 0 aromatic heterocycles. The first-order valence-corrected chi connectivity index (χ1v) is 4.48. The second-order valence-corrected chi connectivity index (χ2v) is 2.96. The van der Waals surface area contributed by atoms with E-state index in [0.29, 0.717) is 0 Å². The predicted molar refractivity (Wildman–Crippen MR) is 61.6 cm³/mol. The van der Waals surface area contributed by atoms with Crippen molar-refractivity contribution >= 4 is 69.2 Å². The normalized spacial score (nSPS) is 9.11. The zero-order valence-corrected chi connectivity index (χ0v) is 8.54. The van der Waals surface area contributed by atoms with Gasteiger partial charge < -0.3 is 10.2 Å². The fraction of sp³-hybridized carbons (Fsp3) is 0.100. The Morgan fingerprint density at radius 1 is 1.11 bits per heavy atom. The van der Waals surface area contributed by atoms with Gasteiger partial charge in [-0.05, 0) is 12.1 Å². The van der Waals surface area contributed by atoms with Gasteiger partial charge in [0.25, 0.3) is 5.91 Å². The van der Waals surface area contributed by atoms with Crippen LogP contribution >= 0.6 is 0 Å². The van der Waals surface area contributed by atoms with Gasteiger partial charge in [0, 0.05) is 0 Å². The molecule has 3 N–H and O–H groups in total. The number of carboxylic acid groups (broad SMARTS) is 2. The van der Waals surface area contributed by atoms with Gasteiger partial charge >= 0.3 is 63.3 Å². The van der Waals surface area contributed by atoms with E-state index in [2.05, 4.69) is 4.84 Å². The summed E-state index contributed by atoms with van der Waals surface area (Å²) in [5.41, 5.74) is 1.55. The van der Waals surface area contributed by atoms with E-state index in [9.17, 15) is 14.4 Å². The zero-order valence-electron chi connectivity index (χ0n) is 8.54. The molecular weight excluding hydrogens is 269 g/mol. The molecular formula is C10H10KNO6. The van der Waals surface area contributed by atoms with E-state index in [4.69, 9.17) is 10.2 Å². The number of hydrogen-bond acceptors (Lipinski definition) is 4. The van der Waals surface area contributed by atoms with Crippen LogP contribution in [-0.2, 0) is 9.63 Å². The van der Waals surface area contributed by atoms with Crippen molar-refractivity contribution in [3.05, 3.63) is 35.4 Å². The SMILES string of the molecule is O=C(O)CONC(=O)c1ccccc1C(=O)O.[KH]. The van der Waals surface area contributed by atoms with Gasteiger partial charge in [0.05, 0.1) is 11.1 Å². The van der Waals surface area contributed by atoms with Crippen LogP contribution in [0.25, 0.3) is 0 Å². The molecule has 1 rings (SSSR count). The number of aliphatic carboxylic acids is 1. The van der Waals surface area contributed by atoms with Gasteiger partial charge in [-0.25, -0.2) is 15.1 Å². The third-order valence-electron chi connectivity index (χ3n) is 1.76. The summed E-state index contributed by atoms with van der Waals surface area (Å²) < 4.78 is 0. The fourth-order valence-corrected chi connectivity index (χ4v) is 1.09. The van der Waals surface area contributed by atoms with E-state index in [1.165, 1.54) is 24.3 Å². The molecule has 92 valence electrons. The van der Waals surface area contributed by atoms with E-state index >= 15 is 0 Å². The molecule has 0 aliphatic carbocycles. The Kier molecular flexibility index (Phi) is 7.99. The van der Waals surface area contributed by atoms with Crippen LogP contribution in [0.15, 0.2) is 24.3 Å². The molecule has 1 aromatic carbocycles. The van der Waals surface area contributed by atoms with Crippen LogP contribution in [-0.4, -0.2) is 86.1 Å². The van der Waals surface area contributed by atoms with E-state index < -0.39 is 24.5 Å². The Morgan fingerprint density at radius 2 is 1.67 bits per heavy atom. The third kappa shape index (κ3) is 5.25. The Labute approximate surface area is 145 Å². The van der Waals surface area contributed by atoms with Gasteiger partial charge in [0.15, 0.2) is 6.61 Å². The van der Waals surface area contributed by atoms with Crippen LogP contribution < -0.4 is 5.48 Å². The van der Waals surface area contributed by atoms with Crippen LogP contribution in [0, 0.1) is 0 Å². The molecule has 18 heavy (non-hydrogen) atoms. The quantitative estimate of drug-likeness (QED) is 0.494. The number of hydrogen-bond donors (Lipinski definition) is 3. The van der Waals surface area contributed by atoms with Crippen molar-refractivity contribution in [2.45, 2.75) is 0 Å². The summed E-state index contributed by atoms with van der Waals surface area (Å²) in [6, 6.07) is 5.51. The minimum absolute atomic E-state index is 0. The maximum absolute atomic E-state index is 11.5. The van der Waals surface area contributed by atoms with Gasteiger partial charge in [-0.1, -0.05) is 12.1 Å². The number of nitrogens with one attached hydrogen (secondary N) is 1. The second-order valence-electron chi connectivity index (χ2n) is 2.96. The zero-order chi connectivity index (χ0) is 12.8. The van der Waals surface area contributed by atoms with Gasteiger partial charge in [-0.15, -0.1) is 0 Å².